The molecule has 1 aromatic rings. The second-order valence-corrected chi connectivity index (χ2v) is 5.29. The maximum Gasteiger partial charge on any atom is 0.249 e. The van der Waals surface area contributed by atoms with Crippen LogP contribution in [0.4, 0.5) is 0 Å². The van der Waals surface area contributed by atoms with Crippen molar-refractivity contribution in [3.8, 4) is 0 Å². The number of nitrogens with one attached hydrogen (secondary N) is 1. The van der Waals surface area contributed by atoms with E-state index in [0.29, 0.717) is 5.33 Å². The van der Waals surface area contributed by atoms with Crippen LogP contribution >= 0.6 is 15.9 Å². The Bertz CT molecular complexity index is 396. The molecule has 1 saturated heterocycles. The van der Waals surface area contributed by atoms with E-state index >= 15 is 0 Å². The highest BCUT2D eigenvalue weighted by Crippen LogP contribution is 2.21. The zero-order chi connectivity index (χ0) is 13.0. The van der Waals surface area contributed by atoms with Crippen LogP contribution in [-0.4, -0.2) is 23.4 Å². The highest BCUT2D eigenvalue weighted by atomic mass is 79.9. The van der Waals surface area contributed by atoms with Crippen LogP contribution in [0.25, 0.3) is 0 Å². The van der Waals surface area contributed by atoms with Crippen LogP contribution in [0.15, 0.2) is 30.3 Å². The first-order valence-corrected chi connectivity index (χ1v) is 7.39. The van der Waals surface area contributed by atoms with Gasteiger partial charge in [-0.15, -0.1) is 0 Å². The molecule has 0 radical (unpaired) electrons. The van der Waals surface area contributed by atoms with Gasteiger partial charge in [0.1, 0.15) is 6.10 Å². The molecule has 2 rings (SSSR count). The SMILES string of the molecule is CC1CCC(C(=O)NC(CBr)c2ccccc2)O1. The van der Waals surface area contributed by atoms with Crippen LogP contribution in [0.2, 0.25) is 0 Å². The average molecular weight is 312 g/mol. The molecule has 4 heteroatoms. The lowest BCUT2D eigenvalue weighted by Crippen LogP contribution is -2.37. The number of carbonyl (C=O) groups is 1. The number of hydrogen-bond acceptors (Lipinski definition) is 2. The molecule has 1 amide bonds. The quantitative estimate of drug-likeness (QED) is 0.868. The number of amides is 1. The minimum atomic E-state index is -0.287. The molecule has 1 aliphatic heterocycles. The number of rotatable bonds is 4. The third kappa shape index (κ3) is 3.33. The number of benzene rings is 1. The highest BCUT2D eigenvalue weighted by Gasteiger charge is 2.29. The molecule has 0 aromatic heterocycles. The number of alkyl halides is 1. The van der Waals surface area contributed by atoms with Gasteiger partial charge in [0, 0.05) is 5.33 Å². The van der Waals surface area contributed by atoms with Crippen LogP contribution in [-0.2, 0) is 9.53 Å². The molecule has 0 bridgehead atoms. The lowest BCUT2D eigenvalue weighted by molar-refractivity contribution is -0.132. The van der Waals surface area contributed by atoms with Crippen molar-refractivity contribution < 1.29 is 9.53 Å². The largest absolute Gasteiger partial charge is 0.365 e. The molecule has 98 valence electrons. The minimum Gasteiger partial charge on any atom is -0.365 e. The van der Waals surface area contributed by atoms with Crippen LogP contribution in [0.5, 0.6) is 0 Å². The van der Waals surface area contributed by atoms with Gasteiger partial charge in [-0.25, -0.2) is 0 Å². The Hall–Kier alpha value is -0.870. The van der Waals surface area contributed by atoms with Gasteiger partial charge < -0.3 is 10.1 Å². The van der Waals surface area contributed by atoms with Gasteiger partial charge in [-0.2, -0.15) is 0 Å². The Morgan fingerprint density at radius 1 is 1.44 bits per heavy atom. The molecule has 1 heterocycles. The van der Waals surface area contributed by atoms with Gasteiger partial charge in [0.05, 0.1) is 12.1 Å². The molecular weight excluding hydrogens is 294 g/mol. The predicted molar refractivity (Wildman–Crippen MR) is 74.7 cm³/mol. The Kier molecular flexibility index (Phi) is 4.78. The fourth-order valence-corrected chi connectivity index (χ4v) is 2.69. The second kappa shape index (κ2) is 6.34. The lowest BCUT2D eigenvalue weighted by Gasteiger charge is -2.19. The summed E-state index contributed by atoms with van der Waals surface area (Å²) in [6, 6.07) is 9.96. The standard InChI is InChI=1S/C14H18BrNO2/c1-10-7-8-13(18-10)14(17)16-12(9-15)11-5-3-2-4-6-11/h2-6,10,12-13H,7-9H2,1H3,(H,16,17). The summed E-state index contributed by atoms with van der Waals surface area (Å²) in [5.41, 5.74) is 1.11. The molecule has 1 aliphatic rings. The average Bonchev–Trinajstić information content (AvgIpc) is 2.83. The van der Waals surface area contributed by atoms with Gasteiger partial charge in [-0.05, 0) is 25.3 Å². The normalized spacial score (nSPS) is 24.8. The fourth-order valence-electron chi connectivity index (χ4n) is 2.16. The summed E-state index contributed by atoms with van der Waals surface area (Å²) >= 11 is 3.45. The summed E-state index contributed by atoms with van der Waals surface area (Å²) in [5, 5.41) is 3.73. The van der Waals surface area contributed by atoms with Crippen molar-refractivity contribution in [1.82, 2.24) is 5.32 Å². The third-order valence-electron chi connectivity index (χ3n) is 3.20. The monoisotopic (exact) mass is 311 g/mol. The van der Waals surface area contributed by atoms with Crippen LogP contribution in [0.3, 0.4) is 0 Å². The molecule has 3 atom stereocenters. The van der Waals surface area contributed by atoms with Gasteiger partial charge in [0.25, 0.3) is 0 Å². The smallest absolute Gasteiger partial charge is 0.249 e. The van der Waals surface area contributed by atoms with Gasteiger partial charge in [0.15, 0.2) is 0 Å². The summed E-state index contributed by atoms with van der Waals surface area (Å²) in [7, 11) is 0. The van der Waals surface area contributed by atoms with E-state index in [4.69, 9.17) is 4.74 Å². The van der Waals surface area contributed by atoms with E-state index < -0.39 is 0 Å². The van der Waals surface area contributed by atoms with Crippen molar-refractivity contribution in [3.05, 3.63) is 35.9 Å². The lowest BCUT2D eigenvalue weighted by atomic mass is 10.1. The number of hydrogen-bond donors (Lipinski definition) is 1. The topological polar surface area (TPSA) is 38.3 Å². The summed E-state index contributed by atoms with van der Waals surface area (Å²) in [6.07, 6.45) is 1.68. The van der Waals surface area contributed by atoms with Crippen molar-refractivity contribution in [2.45, 2.75) is 38.0 Å². The molecule has 0 spiro atoms. The van der Waals surface area contributed by atoms with E-state index in [0.717, 1.165) is 18.4 Å². The van der Waals surface area contributed by atoms with Crippen LogP contribution in [0.1, 0.15) is 31.4 Å². The number of carbonyl (C=O) groups excluding carboxylic acids is 1. The van der Waals surface area contributed by atoms with E-state index in [1.54, 1.807) is 0 Å². The number of halogens is 1. The van der Waals surface area contributed by atoms with E-state index in [1.807, 2.05) is 37.3 Å². The molecule has 18 heavy (non-hydrogen) atoms. The van der Waals surface area contributed by atoms with Crippen molar-refractivity contribution in [2.24, 2.45) is 0 Å². The second-order valence-electron chi connectivity index (χ2n) is 4.64. The molecule has 3 nitrogen and oxygen atoms in total. The van der Waals surface area contributed by atoms with E-state index in [9.17, 15) is 4.79 Å². The van der Waals surface area contributed by atoms with E-state index in [1.165, 1.54) is 0 Å². The molecule has 1 N–H and O–H groups in total. The van der Waals surface area contributed by atoms with Crippen LogP contribution < -0.4 is 5.32 Å². The van der Waals surface area contributed by atoms with Crippen molar-refractivity contribution >= 4 is 21.8 Å². The summed E-state index contributed by atoms with van der Waals surface area (Å²) in [4.78, 5) is 12.1. The number of ether oxygens (including phenoxy) is 1. The van der Waals surface area contributed by atoms with Gasteiger partial charge in [-0.1, -0.05) is 46.3 Å². The van der Waals surface area contributed by atoms with E-state index in [2.05, 4.69) is 21.2 Å². The third-order valence-corrected chi connectivity index (χ3v) is 3.84. The first kappa shape index (κ1) is 13.6. The Morgan fingerprint density at radius 3 is 2.72 bits per heavy atom. The Balaban J connectivity index is 1.96. The Morgan fingerprint density at radius 2 is 2.17 bits per heavy atom. The van der Waals surface area contributed by atoms with Crippen molar-refractivity contribution in [2.75, 3.05) is 5.33 Å². The van der Waals surface area contributed by atoms with E-state index in [-0.39, 0.29) is 24.2 Å². The molecule has 0 aliphatic carbocycles. The van der Waals surface area contributed by atoms with Gasteiger partial charge in [-0.3, -0.25) is 4.79 Å². The first-order chi connectivity index (χ1) is 8.70. The molecule has 1 fully saturated rings. The maximum atomic E-state index is 12.1. The van der Waals surface area contributed by atoms with Gasteiger partial charge >= 0.3 is 0 Å². The summed E-state index contributed by atoms with van der Waals surface area (Å²) < 4.78 is 5.58. The zero-order valence-corrected chi connectivity index (χ0v) is 12.0. The zero-order valence-electron chi connectivity index (χ0n) is 10.4. The predicted octanol–water partition coefficient (Wildman–Crippen LogP) is 2.81. The Labute approximate surface area is 116 Å². The molecule has 0 saturated carbocycles. The van der Waals surface area contributed by atoms with Crippen LogP contribution in [0, 0.1) is 0 Å². The first-order valence-electron chi connectivity index (χ1n) is 6.27. The minimum absolute atomic E-state index is 0.00166. The molecular formula is C14H18BrNO2. The van der Waals surface area contributed by atoms with Crippen molar-refractivity contribution in [3.63, 3.8) is 0 Å². The maximum absolute atomic E-state index is 12.1. The van der Waals surface area contributed by atoms with Crippen molar-refractivity contribution in [1.29, 1.82) is 0 Å². The fraction of sp³-hybridized carbons (Fsp3) is 0.500. The highest BCUT2D eigenvalue weighted by molar-refractivity contribution is 9.09. The molecule has 3 unspecified atom stereocenters. The summed E-state index contributed by atoms with van der Waals surface area (Å²) in [6.45, 7) is 2.01. The van der Waals surface area contributed by atoms with Gasteiger partial charge in [0.2, 0.25) is 5.91 Å². The molecule has 1 aromatic carbocycles. The summed E-state index contributed by atoms with van der Waals surface area (Å²) in [5.74, 6) is -0.00680.